The van der Waals surface area contributed by atoms with Crippen molar-refractivity contribution in [3.05, 3.63) is 35.3 Å². The van der Waals surface area contributed by atoms with Gasteiger partial charge in [0.05, 0.1) is 12.1 Å². The van der Waals surface area contributed by atoms with E-state index >= 15 is 0 Å². The fraction of sp³-hybridized carbons (Fsp3) is 0.357. The Balaban J connectivity index is 1.70. The molecule has 0 bridgehead atoms. The van der Waals surface area contributed by atoms with Crippen LogP contribution in [0.3, 0.4) is 0 Å². The second-order valence-corrected chi connectivity index (χ2v) is 6.07. The summed E-state index contributed by atoms with van der Waals surface area (Å²) in [5.74, 6) is 0.786. The van der Waals surface area contributed by atoms with E-state index in [0.717, 1.165) is 34.3 Å². The molecule has 2 unspecified atom stereocenters. The van der Waals surface area contributed by atoms with Crippen molar-refractivity contribution in [2.75, 3.05) is 13.7 Å². The summed E-state index contributed by atoms with van der Waals surface area (Å²) in [5, 5.41) is 17.7. The SMILES string of the molecule is COC1CNC(c2nn3c(-c4ccccc4)nnc3s2)C1. The highest BCUT2D eigenvalue weighted by Gasteiger charge is 2.28. The van der Waals surface area contributed by atoms with Crippen LogP contribution in [0.1, 0.15) is 17.5 Å². The monoisotopic (exact) mass is 301 g/mol. The van der Waals surface area contributed by atoms with Crippen LogP contribution in [0.15, 0.2) is 30.3 Å². The van der Waals surface area contributed by atoms with Crippen LogP contribution in [0.25, 0.3) is 16.3 Å². The molecule has 108 valence electrons. The van der Waals surface area contributed by atoms with Gasteiger partial charge in [0.1, 0.15) is 5.01 Å². The second kappa shape index (κ2) is 5.18. The van der Waals surface area contributed by atoms with Crippen molar-refractivity contribution in [1.29, 1.82) is 0 Å². The maximum Gasteiger partial charge on any atom is 0.235 e. The standard InChI is InChI=1S/C14H15N5OS/c1-20-10-7-11(15-8-10)13-18-19-12(16-17-14(19)21-13)9-5-3-2-4-6-9/h2-6,10-11,15H,7-8H2,1H3. The van der Waals surface area contributed by atoms with Gasteiger partial charge in [0.2, 0.25) is 4.96 Å². The highest BCUT2D eigenvalue weighted by atomic mass is 32.1. The van der Waals surface area contributed by atoms with E-state index in [-0.39, 0.29) is 12.1 Å². The lowest BCUT2D eigenvalue weighted by Crippen LogP contribution is -2.16. The van der Waals surface area contributed by atoms with Gasteiger partial charge < -0.3 is 10.1 Å². The molecule has 1 aromatic carbocycles. The van der Waals surface area contributed by atoms with E-state index in [9.17, 15) is 0 Å². The lowest BCUT2D eigenvalue weighted by Gasteiger charge is -2.05. The Morgan fingerprint density at radius 3 is 2.90 bits per heavy atom. The molecule has 0 aliphatic carbocycles. The number of hydrogen-bond acceptors (Lipinski definition) is 6. The number of aromatic nitrogens is 4. The lowest BCUT2D eigenvalue weighted by molar-refractivity contribution is 0.117. The van der Waals surface area contributed by atoms with Crippen molar-refractivity contribution >= 4 is 16.3 Å². The lowest BCUT2D eigenvalue weighted by atomic mass is 10.2. The molecule has 7 heteroatoms. The summed E-state index contributed by atoms with van der Waals surface area (Å²) in [5.41, 5.74) is 1.02. The third kappa shape index (κ3) is 2.23. The molecule has 0 saturated carbocycles. The molecule has 3 aromatic rings. The zero-order valence-electron chi connectivity index (χ0n) is 11.6. The van der Waals surface area contributed by atoms with Crippen LogP contribution in [0.5, 0.6) is 0 Å². The Hall–Kier alpha value is -1.83. The van der Waals surface area contributed by atoms with Crippen molar-refractivity contribution in [2.45, 2.75) is 18.6 Å². The molecule has 1 aliphatic rings. The molecule has 3 heterocycles. The Bertz CT molecular complexity index is 753. The van der Waals surface area contributed by atoms with Gasteiger partial charge in [-0.15, -0.1) is 10.2 Å². The highest BCUT2D eigenvalue weighted by Crippen LogP contribution is 2.29. The summed E-state index contributed by atoms with van der Waals surface area (Å²) < 4.78 is 7.22. The molecule has 0 spiro atoms. The zero-order chi connectivity index (χ0) is 14.2. The van der Waals surface area contributed by atoms with Crippen LogP contribution in [0.2, 0.25) is 0 Å². The molecule has 1 N–H and O–H groups in total. The van der Waals surface area contributed by atoms with Crippen LogP contribution < -0.4 is 5.32 Å². The third-order valence-corrected chi connectivity index (χ3v) is 4.77. The number of nitrogens with zero attached hydrogens (tertiary/aromatic N) is 4. The quantitative estimate of drug-likeness (QED) is 0.800. The van der Waals surface area contributed by atoms with E-state index < -0.39 is 0 Å². The molecule has 2 aromatic heterocycles. The molecule has 4 rings (SSSR count). The van der Waals surface area contributed by atoms with Gasteiger partial charge in [0.25, 0.3) is 0 Å². The van der Waals surface area contributed by atoms with Crippen LogP contribution >= 0.6 is 11.3 Å². The number of hydrogen-bond donors (Lipinski definition) is 1. The summed E-state index contributed by atoms with van der Waals surface area (Å²) in [6, 6.07) is 10.2. The number of ether oxygens (including phenoxy) is 1. The normalized spacial score (nSPS) is 22.1. The summed E-state index contributed by atoms with van der Waals surface area (Å²) in [6.07, 6.45) is 1.21. The Morgan fingerprint density at radius 1 is 1.29 bits per heavy atom. The van der Waals surface area contributed by atoms with E-state index in [0.29, 0.717) is 0 Å². The van der Waals surface area contributed by atoms with E-state index in [2.05, 4.69) is 15.5 Å². The number of methoxy groups -OCH3 is 1. The smallest absolute Gasteiger partial charge is 0.235 e. The molecule has 21 heavy (non-hydrogen) atoms. The van der Waals surface area contributed by atoms with E-state index in [1.165, 1.54) is 0 Å². The Labute approximate surface area is 125 Å². The summed E-state index contributed by atoms with van der Waals surface area (Å²) in [4.78, 5) is 0.825. The molecular formula is C14H15N5OS. The van der Waals surface area contributed by atoms with Gasteiger partial charge in [0.15, 0.2) is 5.82 Å². The topological polar surface area (TPSA) is 64.3 Å². The second-order valence-electron chi connectivity index (χ2n) is 5.08. The first-order valence-electron chi connectivity index (χ1n) is 6.89. The Morgan fingerprint density at radius 2 is 2.14 bits per heavy atom. The number of rotatable bonds is 3. The van der Waals surface area contributed by atoms with Gasteiger partial charge in [-0.1, -0.05) is 41.7 Å². The van der Waals surface area contributed by atoms with Gasteiger partial charge >= 0.3 is 0 Å². The van der Waals surface area contributed by atoms with Gasteiger partial charge in [-0.25, -0.2) is 0 Å². The molecule has 1 saturated heterocycles. The third-order valence-electron chi connectivity index (χ3n) is 3.76. The minimum Gasteiger partial charge on any atom is -0.380 e. The fourth-order valence-corrected chi connectivity index (χ4v) is 3.54. The van der Waals surface area contributed by atoms with Crippen LogP contribution in [0, 0.1) is 0 Å². The van der Waals surface area contributed by atoms with Gasteiger partial charge in [-0.05, 0) is 6.42 Å². The highest BCUT2D eigenvalue weighted by molar-refractivity contribution is 7.16. The van der Waals surface area contributed by atoms with Crippen LogP contribution in [-0.4, -0.2) is 39.6 Å². The summed E-state index contributed by atoms with van der Waals surface area (Å²) in [7, 11) is 1.75. The molecule has 1 fully saturated rings. The average molecular weight is 301 g/mol. The number of benzene rings is 1. The van der Waals surface area contributed by atoms with E-state index in [1.54, 1.807) is 18.4 Å². The number of nitrogens with one attached hydrogen (secondary N) is 1. The predicted molar refractivity (Wildman–Crippen MR) is 80.3 cm³/mol. The fourth-order valence-electron chi connectivity index (χ4n) is 2.61. The number of fused-ring (bicyclic) bond motifs is 1. The van der Waals surface area contributed by atoms with Crippen LogP contribution in [0.4, 0.5) is 0 Å². The zero-order valence-corrected chi connectivity index (χ0v) is 12.4. The molecule has 1 aliphatic heterocycles. The first-order valence-corrected chi connectivity index (χ1v) is 7.70. The first-order chi connectivity index (χ1) is 10.3. The van der Waals surface area contributed by atoms with E-state index in [1.807, 2.05) is 34.8 Å². The van der Waals surface area contributed by atoms with E-state index in [4.69, 9.17) is 9.84 Å². The molecule has 0 radical (unpaired) electrons. The first kappa shape index (κ1) is 12.9. The van der Waals surface area contributed by atoms with Gasteiger partial charge in [-0.2, -0.15) is 9.61 Å². The predicted octanol–water partition coefficient (Wildman–Crippen LogP) is 1.90. The van der Waals surface area contributed by atoms with Crippen molar-refractivity contribution in [2.24, 2.45) is 0 Å². The van der Waals surface area contributed by atoms with Gasteiger partial charge in [-0.3, -0.25) is 0 Å². The largest absolute Gasteiger partial charge is 0.380 e. The van der Waals surface area contributed by atoms with Crippen molar-refractivity contribution in [1.82, 2.24) is 25.1 Å². The minimum atomic E-state index is 0.241. The van der Waals surface area contributed by atoms with Crippen molar-refractivity contribution < 1.29 is 4.74 Å². The maximum atomic E-state index is 5.39. The average Bonchev–Trinajstić information content (AvgIpc) is 3.22. The van der Waals surface area contributed by atoms with Crippen molar-refractivity contribution in [3.63, 3.8) is 0 Å². The Kier molecular flexibility index (Phi) is 3.17. The molecule has 6 nitrogen and oxygen atoms in total. The maximum absolute atomic E-state index is 5.39. The van der Waals surface area contributed by atoms with Gasteiger partial charge in [0, 0.05) is 19.2 Å². The minimum absolute atomic E-state index is 0.241. The summed E-state index contributed by atoms with van der Waals surface area (Å²) in [6.45, 7) is 0.868. The van der Waals surface area contributed by atoms with Crippen LogP contribution in [-0.2, 0) is 4.74 Å². The molecule has 0 amide bonds. The molecular weight excluding hydrogens is 286 g/mol. The summed E-state index contributed by atoms with van der Waals surface area (Å²) >= 11 is 1.58. The molecule has 2 atom stereocenters. The van der Waals surface area contributed by atoms with Crippen molar-refractivity contribution in [3.8, 4) is 11.4 Å².